The van der Waals surface area contributed by atoms with Crippen LogP contribution in [0.2, 0.25) is 0 Å². The van der Waals surface area contributed by atoms with Gasteiger partial charge in [0.05, 0.1) is 6.20 Å². The van der Waals surface area contributed by atoms with Gasteiger partial charge in [0.15, 0.2) is 6.10 Å². The van der Waals surface area contributed by atoms with Crippen molar-refractivity contribution in [3.05, 3.63) is 18.0 Å². The number of aliphatic hydroxyl groups is 1. The summed E-state index contributed by atoms with van der Waals surface area (Å²) in [5.41, 5.74) is -0.208. The molecular weight excluding hydrogens is 222 g/mol. The molecule has 1 rings (SSSR count). The van der Waals surface area contributed by atoms with Gasteiger partial charge >= 0.3 is 11.9 Å². The van der Waals surface area contributed by atoms with Gasteiger partial charge in [-0.15, -0.1) is 0 Å². The molecule has 0 saturated heterocycles. The normalized spacial score (nSPS) is 13.8. The third-order valence-corrected chi connectivity index (χ3v) is 2.05. The summed E-state index contributed by atoms with van der Waals surface area (Å²) in [6.45, 7) is 2.40. The summed E-state index contributed by atoms with van der Waals surface area (Å²) in [6, 6.07) is 0. The Kier molecular flexibility index (Phi) is 3.58. The molecule has 16 heavy (non-hydrogen) atoms. The zero-order valence-electron chi connectivity index (χ0n) is 8.60. The van der Waals surface area contributed by atoms with E-state index in [1.54, 1.807) is 0 Å². The van der Waals surface area contributed by atoms with Gasteiger partial charge in [0.25, 0.3) is 0 Å². The highest BCUT2D eigenvalue weighted by Crippen LogP contribution is 2.31. The van der Waals surface area contributed by atoms with Gasteiger partial charge in [-0.05, 0) is 6.42 Å². The SMILES string of the molecule is CCCn1cc(C(O)C(F)(F)C(=O)O)cn1. The molecule has 0 aliphatic carbocycles. The maximum atomic E-state index is 12.9. The minimum Gasteiger partial charge on any atom is -0.477 e. The van der Waals surface area contributed by atoms with Crippen molar-refractivity contribution in [3.8, 4) is 0 Å². The smallest absolute Gasteiger partial charge is 0.377 e. The van der Waals surface area contributed by atoms with E-state index in [2.05, 4.69) is 5.10 Å². The molecule has 90 valence electrons. The molecule has 1 heterocycles. The van der Waals surface area contributed by atoms with Crippen LogP contribution in [0, 0.1) is 0 Å². The first-order chi connectivity index (χ1) is 7.39. The fourth-order valence-corrected chi connectivity index (χ4v) is 1.20. The number of rotatable bonds is 5. The average molecular weight is 234 g/mol. The van der Waals surface area contributed by atoms with Crippen molar-refractivity contribution in [2.75, 3.05) is 0 Å². The van der Waals surface area contributed by atoms with Gasteiger partial charge in [-0.25, -0.2) is 4.79 Å². The molecule has 1 atom stereocenters. The highest BCUT2D eigenvalue weighted by atomic mass is 19.3. The zero-order chi connectivity index (χ0) is 12.3. The minimum atomic E-state index is -4.21. The van der Waals surface area contributed by atoms with E-state index in [1.165, 1.54) is 10.9 Å². The number of carboxylic acids is 1. The Morgan fingerprint density at radius 2 is 2.31 bits per heavy atom. The zero-order valence-corrected chi connectivity index (χ0v) is 8.60. The lowest BCUT2D eigenvalue weighted by atomic mass is 10.1. The molecule has 0 amide bonds. The Morgan fingerprint density at radius 1 is 1.69 bits per heavy atom. The van der Waals surface area contributed by atoms with E-state index in [0.29, 0.717) is 6.54 Å². The molecule has 0 aliphatic rings. The van der Waals surface area contributed by atoms with Gasteiger partial charge in [0.2, 0.25) is 0 Å². The van der Waals surface area contributed by atoms with Crippen LogP contribution in [0.25, 0.3) is 0 Å². The monoisotopic (exact) mass is 234 g/mol. The van der Waals surface area contributed by atoms with E-state index in [-0.39, 0.29) is 5.56 Å². The lowest BCUT2D eigenvalue weighted by Gasteiger charge is -2.16. The molecule has 0 aliphatic heterocycles. The summed E-state index contributed by atoms with van der Waals surface area (Å²) in [4.78, 5) is 10.2. The van der Waals surface area contributed by atoms with Crippen molar-refractivity contribution in [2.24, 2.45) is 0 Å². The van der Waals surface area contributed by atoms with Gasteiger partial charge in [-0.3, -0.25) is 4.68 Å². The molecular formula is C9H12F2N2O3. The number of hydrogen-bond donors (Lipinski definition) is 2. The van der Waals surface area contributed by atoms with E-state index in [9.17, 15) is 18.7 Å². The maximum Gasteiger partial charge on any atom is 0.377 e. The Labute approximate surface area is 90.3 Å². The number of alkyl halides is 2. The van der Waals surface area contributed by atoms with Crippen molar-refractivity contribution < 1.29 is 23.8 Å². The van der Waals surface area contributed by atoms with Crippen LogP contribution in [0.1, 0.15) is 25.0 Å². The van der Waals surface area contributed by atoms with Crippen LogP contribution in [0.4, 0.5) is 8.78 Å². The Balaban J connectivity index is 2.87. The second-order valence-electron chi connectivity index (χ2n) is 3.37. The van der Waals surface area contributed by atoms with Crippen LogP contribution < -0.4 is 0 Å². The first-order valence-electron chi connectivity index (χ1n) is 4.71. The van der Waals surface area contributed by atoms with Gasteiger partial charge < -0.3 is 10.2 Å². The topological polar surface area (TPSA) is 75.4 Å². The molecule has 1 aromatic rings. The average Bonchev–Trinajstić information content (AvgIpc) is 2.65. The lowest BCUT2D eigenvalue weighted by molar-refractivity contribution is -0.182. The third-order valence-electron chi connectivity index (χ3n) is 2.05. The fraction of sp³-hybridized carbons (Fsp3) is 0.556. The fourth-order valence-electron chi connectivity index (χ4n) is 1.20. The number of hydrogen-bond acceptors (Lipinski definition) is 3. The number of aliphatic hydroxyl groups excluding tert-OH is 1. The predicted molar refractivity (Wildman–Crippen MR) is 50.1 cm³/mol. The number of nitrogens with zero attached hydrogens (tertiary/aromatic N) is 2. The summed E-state index contributed by atoms with van der Waals surface area (Å²) >= 11 is 0. The van der Waals surface area contributed by atoms with Gasteiger partial charge in [-0.2, -0.15) is 13.9 Å². The molecule has 1 aromatic heterocycles. The Hall–Kier alpha value is -1.50. The quantitative estimate of drug-likeness (QED) is 0.798. The summed E-state index contributed by atoms with van der Waals surface area (Å²) in [6.07, 6.45) is 0.630. The first-order valence-corrected chi connectivity index (χ1v) is 4.71. The molecule has 5 nitrogen and oxygen atoms in total. The second-order valence-corrected chi connectivity index (χ2v) is 3.37. The number of carboxylic acid groups (broad SMARTS) is 1. The van der Waals surface area contributed by atoms with E-state index < -0.39 is 18.0 Å². The summed E-state index contributed by atoms with van der Waals surface area (Å²) in [5, 5.41) is 21.2. The van der Waals surface area contributed by atoms with E-state index in [4.69, 9.17) is 5.11 Å². The van der Waals surface area contributed by atoms with E-state index >= 15 is 0 Å². The molecule has 0 bridgehead atoms. The van der Waals surface area contributed by atoms with Gasteiger partial charge in [0.1, 0.15) is 0 Å². The number of halogens is 2. The van der Waals surface area contributed by atoms with Crippen molar-refractivity contribution in [1.29, 1.82) is 0 Å². The first kappa shape index (κ1) is 12.6. The lowest BCUT2D eigenvalue weighted by Crippen LogP contribution is -2.35. The van der Waals surface area contributed by atoms with Crippen LogP contribution in [-0.4, -0.2) is 31.9 Å². The Morgan fingerprint density at radius 3 is 2.81 bits per heavy atom. The van der Waals surface area contributed by atoms with Crippen molar-refractivity contribution in [1.82, 2.24) is 9.78 Å². The molecule has 2 N–H and O–H groups in total. The minimum absolute atomic E-state index is 0.208. The predicted octanol–water partition coefficient (Wildman–Crippen LogP) is 1.05. The van der Waals surface area contributed by atoms with E-state index in [1.807, 2.05) is 6.92 Å². The van der Waals surface area contributed by atoms with Crippen LogP contribution in [0.15, 0.2) is 12.4 Å². The van der Waals surface area contributed by atoms with Crippen LogP contribution in [-0.2, 0) is 11.3 Å². The highest BCUT2D eigenvalue weighted by Gasteiger charge is 2.48. The van der Waals surface area contributed by atoms with Gasteiger partial charge in [-0.1, -0.05) is 6.92 Å². The number of carbonyl (C=O) groups is 1. The van der Waals surface area contributed by atoms with Crippen LogP contribution in [0.3, 0.4) is 0 Å². The highest BCUT2D eigenvalue weighted by molar-refractivity contribution is 5.76. The largest absolute Gasteiger partial charge is 0.477 e. The van der Waals surface area contributed by atoms with E-state index in [0.717, 1.165) is 12.6 Å². The number of aromatic nitrogens is 2. The van der Waals surface area contributed by atoms with Gasteiger partial charge in [0, 0.05) is 18.3 Å². The number of aryl methyl sites for hydroxylation is 1. The van der Waals surface area contributed by atoms with Crippen molar-refractivity contribution >= 4 is 5.97 Å². The molecule has 0 saturated carbocycles. The Bertz CT molecular complexity index is 379. The second kappa shape index (κ2) is 4.56. The number of aliphatic carboxylic acids is 1. The van der Waals surface area contributed by atoms with Crippen molar-refractivity contribution in [2.45, 2.75) is 31.9 Å². The summed E-state index contributed by atoms with van der Waals surface area (Å²) in [5.74, 6) is -6.57. The molecule has 1 unspecified atom stereocenters. The summed E-state index contributed by atoms with van der Waals surface area (Å²) in [7, 11) is 0. The standard InChI is InChI=1S/C9H12F2N2O3/c1-2-3-13-5-6(4-12-13)7(14)9(10,11)8(15)16/h4-5,7,14H,2-3H2,1H3,(H,15,16). The van der Waals surface area contributed by atoms with Crippen LogP contribution >= 0.6 is 0 Å². The van der Waals surface area contributed by atoms with Crippen molar-refractivity contribution in [3.63, 3.8) is 0 Å². The maximum absolute atomic E-state index is 12.9. The third kappa shape index (κ3) is 2.35. The summed E-state index contributed by atoms with van der Waals surface area (Å²) < 4.78 is 27.2. The molecule has 0 spiro atoms. The van der Waals surface area contributed by atoms with Crippen LogP contribution in [0.5, 0.6) is 0 Å². The molecule has 7 heteroatoms. The molecule has 0 fully saturated rings. The molecule has 0 radical (unpaired) electrons. The molecule has 0 aromatic carbocycles.